The van der Waals surface area contributed by atoms with Gasteiger partial charge in [0.1, 0.15) is 0 Å². The van der Waals surface area contributed by atoms with Gasteiger partial charge >= 0.3 is 0 Å². The molecule has 22 heavy (non-hydrogen) atoms. The lowest BCUT2D eigenvalue weighted by atomic mass is 9.83. The van der Waals surface area contributed by atoms with Crippen LogP contribution in [0.1, 0.15) is 75.1 Å². The number of benzene rings is 1. The Kier molecular flexibility index (Phi) is 6.99. The molecule has 2 nitrogen and oxygen atoms in total. The molecule has 122 valence electrons. The van der Waals surface area contributed by atoms with Gasteiger partial charge in [-0.3, -0.25) is 9.59 Å². The Morgan fingerprint density at radius 2 is 1.09 bits per heavy atom. The van der Waals surface area contributed by atoms with Crippen molar-refractivity contribution in [3.8, 4) is 0 Å². The number of rotatable bonds is 8. The van der Waals surface area contributed by atoms with Crippen LogP contribution in [-0.4, -0.2) is 11.6 Å². The first-order valence-electron chi connectivity index (χ1n) is 8.40. The van der Waals surface area contributed by atoms with Crippen LogP contribution < -0.4 is 0 Å². The second-order valence-corrected chi connectivity index (χ2v) is 7.42. The van der Waals surface area contributed by atoms with Crippen molar-refractivity contribution in [2.45, 2.75) is 54.4 Å². The SMILES string of the molecule is CC(C)CC(CC(C)C)C(=O)c1ccc(C(=O)C(C)C)cc1. The highest BCUT2D eigenvalue weighted by Gasteiger charge is 2.22. The summed E-state index contributed by atoms with van der Waals surface area (Å²) in [5.41, 5.74) is 1.42. The monoisotopic (exact) mass is 302 g/mol. The Morgan fingerprint density at radius 1 is 0.727 bits per heavy atom. The highest BCUT2D eigenvalue weighted by atomic mass is 16.1. The van der Waals surface area contributed by atoms with Gasteiger partial charge in [0.2, 0.25) is 0 Å². The van der Waals surface area contributed by atoms with Crippen LogP contribution in [0.25, 0.3) is 0 Å². The first-order chi connectivity index (χ1) is 10.2. The molecule has 0 fully saturated rings. The van der Waals surface area contributed by atoms with Crippen molar-refractivity contribution in [2.24, 2.45) is 23.7 Å². The van der Waals surface area contributed by atoms with E-state index in [1.54, 1.807) is 12.1 Å². The van der Waals surface area contributed by atoms with E-state index < -0.39 is 0 Å². The number of carbonyl (C=O) groups excluding carboxylic acids is 2. The molecule has 0 aromatic heterocycles. The normalized spacial score (nSPS) is 11.7. The molecule has 0 aliphatic rings. The number of Topliss-reactive ketones (excluding diaryl/α,β-unsaturated/α-hetero) is 2. The zero-order chi connectivity index (χ0) is 16.9. The molecule has 0 aliphatic heterocycles. The van der Waals surface area contributed by atoms with Crippen molar-refractivity contribution in [2.75, 3.05) is 0 Å². The van der Waals surface area contributed by atoms with Gasteiger partial charge in [0.05, 0.1) is 0 Å². The molecule has 0 saturated heterocycles. The highest BCUT2D eigenvalue weighted by molar-refractivity contribution is 6.01. The van der Waals surface area contributed by atoms with E-state index in [0.29, 0.717) is 17.4 Å². The fourth-order valence-corrected chi connectivity index (χ4v) is 2.82. The first kappa shape index (κ1) is 18.6. The van der Waals surface area contributed by atoms with E-state index in [4.69, 9.17) is 0 Å². The topological polar surface area (TPSA) is 34.1 Å². The van der Waals surface area contributed by atoms with Crippen molar-refractivity contribution >= 4 is 11.6 Å². The van der Waals surface area contributed by atoms with Crippen LogP contribution in [-0.2, 0) is 0 Å². The minimum absolute atomic E-state index is 0.0174. The fraction of sp³-hybridized carbons (Fsp3) is 0.600. The van der Waals surface area contributed by atoms with E-state index in [0.717, 1.165) is 18.4 Å². The van der Waals surface area contributed by atoms with E-state index in [2.05, 4.69) is 27.7 Å². The standard InChI is InChI=1S/C20H30O2/c1-13(2)11-18(12-14(3)4)20(22)17-9-7-16(8-10-17)19(21)15(5)6/h7-10,13-15,18H,11-12H2,1-6H3. The predicted molar refractivity (Wildman–Crippen MR) is 92.3 cm³/mol. The van der Waals surface area contributed by atoms with E-state index >= 15 is 0 Å². The third-order valence-corrected chi connectivity index (χ3v) is 3.86. The van der Waals surface area contributed by atoms with Crippen molar-refractivity contribution in [3.63, 3.8) is 0 Å². The van der Waals surface area contributed by atoms with E-state index in [9.17, 15) is 9.59 Å². The van der Waals surface area contributed by atoms with Gasteiger partial charge in [0.15, 0.2) is 11.6 Å². The maximum absolute atomic E-state index is 12.7. The van der Waals surface area contributed by atoms with Gasteiger partial charge in [-0.1, -0.05) is 65.8 Å². The zero-order valence-electron chi connectivity index (χ0n) is 14.8. The third-order valence-electron chi connectivity index (χ3n) is 3.86. The number of hydrogen-bond acceptors (Lipinski definition) is 2. The Morgan fingerprint density at radius 3 is 1.41 bits per heavy atom. The van der Waals surface area contributed by atoms with Crippen LogP contribution in [0.3, 0.4) is 0 Å². The summed E-state index contributed by atoms with van der Waals surface area (Å²) in [5, 5.41) is 0. The Hall–Kier alpha value is -1.44. The maximum atomic E-state index is 12.7. The summed E-state index contributed by atoms with van der Waals surface area (Å²) in [4.78, 5) is 24.7. The fourth-order valence-electron chi connectivity index (χ4n) is 2.82. The van der Waals surface area contributed by atoms with Crippen molar-refractivity contribution in [3.05, 3.63) is 35.4 Å². The molecule has 0 amide bonds. The predicted octanol–water partition coefficient (Wildman–Crippen LogP) is 5.42. The maximum Gasteiger partial charge on any atom is 0.165 e. The third kappa shape index (κ3) is 5.40. The van der Waals surface area contributed by atoms with Gasteiger partial charge in [-0.15, -0.1) is 0 Å². The average molecular weight is 302 g/mol. The van der Waals surface area contributed by atoms with Crippen molar-refractivity contribution in [1.82, 2.24) is 0 Å². The molecule has 1 aromatic rings. The zero-order valence-corrected chi connectivity index (χ0v) is 14.8. The first-order valence-corrected chi connectivity index (χ1v) is 8.40. The van der Waals surface area contributed by atoms with Crippen molar-refractivity contribution < 1.29 is 9.59 Å². The largest absolute Gasteiger partial charge is 0.294 e. The molecular formula is C20H30O2. The van der Waals surface area contributed by atoms with Gasteiger partial charge in [0.25, 0.3) is 0 Å². The van der Waals surface area contributed by atoms with Gasteiger partial charge in [-0.05, 0) is 24.7 Å². The molecule has 1 rings (SSSR count). The van der Waals surface area contributed by atoms with Gasteiger partial charge in [-0.2, -0.15) is 0 Å². The number of hydrogen-bond donors (Lipinski definition) is 0. The van der Waals surface area contributed by atoms with Gasteiger partial charge < -0.3 is 0 Å². The molecule has 2 heteroatoms. The second kappa shape index (κ2) is 8.26. The Balaban J connectivity index is 2.92. The summed E-state index contributed by atoms with van der Waals surface area (Å²) in [6, 6.07) is 7.20. The summed E-state index contributed by atoms with van der Waals surface area (Å²) >= 11 is 0. The van der Waals surface area contributed by atoms with E-state index in [1.807, 2.05) is 26.0 Å². The number of ketones is 2. The summed E-state index contributed by atoms with van der Waals surface area (Å²) in [7, 11) is 0. The quantitative estimate of drug-likeness (QED) is 0.601. The van der Waals surface area contributed by atoms with Crippen molar-refractivity contribution in [1.29, 1.82) is 0 Å². The molecule has 0 spiro atoms. The Bertz CT molecular complexity index is 485. The molecule has 0 unspecified atom stereocenters. The smallest absolute Gasteiger partial charge is 0.165 e. The van der Waals surface area contributed by atoms with Crippen LogP contribution >= 0.6 is 0 Å². The minimum Gasteiger partial charge on any atom is -0.294 e. The molecule has 1 aromatic carbocycles. The van der Waals surface area contributed by atoms with Crippen LogP contribution in [0.5, 0.6) is 0 Å². The highest BCUT2D eigenvalue weighted by Crippen LogP contribution is 2.24. The average Bonchev–Trinajstić information content (AvgIpc) is 2.44. The molecule has 0 N–H and O–H groups in total. The Labute approximate surface area is 135 Å². The molecule has 0 atom stereocenters. The second-order valence-electron chi connectivity index (χ2n) is 7.42. The summed E-state index contributed by atoms with van der Waals surface area (Å²) in [6.07, 6.45) is 1.84. The van der Waals surface area contributed by atoms with Crippen LogP contribution in [0.4, 0.5) is 0 Å². The van der Waals surface area contributed by atoms with Crippen LogP contribution in [0, 0.1) is 23.7 Å². The lowest BCUT2D eigenvalue weighted by Gasteiger charge is -2.20. The van der Waals surface area contributed by atoms with Crippen LogP contribution in [0.15, 0.2) is 24.3 Å². The molecule has 0 radical (unpaired) electrons. The van der Waals surface area contributed by atoms with Gasteiger partial charge in [-0.25, -0.2) is 0 Å². The molecule has 0 saturated carbocycles. The van der Waals surface area contributed by atoms with E-state index in [-0.39, 0.29) is 23.4 Å². The molecule has 0 heterocycles. The summed E-state index contributed by atoms with van der Waals surface area (Å²) < 4.78 is 0. The number of carbonyl (C=O) groups is 2. The molecule has 0 aliphatic carbocycles. The molecule has 0 bridgehead atoms. The van der Waals surface area contributed by atoms with Crippen LogP contribution in [0.2, 0.25) is 0 Å². The summed E-state index contributed by atoms with van der Waals surface area (Å²) in [5.74, 6) is 1.41. The lowest BCUT2D eigenvalue weighted by molar-refractivity contribution is 0.0882. The molecular weight excluding hydrogens is 272 g/mol. The lowest BCUT2D eigenvalue weighted by Crippen LogP contribution is -2.19. The van der Waals surface area contributed by atoms with Gasteiger partial charge in [0, 0.05) is 23.0 Å². The minimum atomic E-state index is -0.0174. The van der Waals surface area contributed by atoms with E-state index in [1.165, 1.54) is 0 Å². The summed E-state index contributed by atoms with van der Waals surface area (Å²) in [6.45, 7) is 12.4.